The number of esters is 1. The van der Waals surface area contributed by atoms with Crippen molar-refractivity contribution in [2.45, 2.75) is 64.8 Å². The molecule has 0 amide bonds. The Labute approximate surface area is 130 Å². The number of rotatable bonds is 9. The third-order valence-corrected chi connectivity index (χ3v) is 4.54. The summed E-state index contributed by atoms with van der Waals surface area (Å²) in [5.41, 5.74) is -0.528. The third-order valence-electron chi connectivity index (χ3n) is 4.54. The highest BCUT2D eigenvalue weighted by atomic mass is 16.5. The van der Waals surface area contributed by atoms with Crippen molar-refractivity contribution in [1.29, 1.82) is 0 Å². The Morgan fingerprint density at radius 3 is 2.81 bits per heavy atom. The molecule has 0 bridgehead atoms. The summed E-state index contributed by atoms with van der Waals surface area (Å²) >= 11 is 0. The fourth-order valence-electron chi connectivity index (χ4n) is 3.19. The minimum Gasteiger partial charge on any atom is -0.468 e. The van der Waals surface area contributed by atoms with Crippen molar-refractivity contribution in [3.05, 3.63) is 0 Å². The molecule has 4 nitrogen and oxygen atoms in total. The normalized spacial score (nSPS) is 22.8. The Bertz CT molecular complexity index is 309. The summed E-state index contributed by atoms with van der Waals surface area (Å²) in [5.74, 6) is 0.702. The maximum Gasteiger partial charge on any atom is 0.325 e. The second-order valence-corrected chi connectivity index (χ2v) is 6.76. The van der Waals surface area contributed by atoms with E-state index in [-0.39, 0.29) is 5.97 Å². The van der Waals surface area contributed by atoms with Crippen LogP contribution < -0.4 is 5.32 Å². The average Bonchev–Trinajstić information content (AvgIpc) is 2.49. The molecule has 0 radical (unpaired) electrons. The van der Waals surface area contributed by atoms with Gasteiger partial charge in [-0.2, -0.15) is 0 Å². The van der Waals surface area contributed by atoms with Gasteiger partial charge < -0.3 is 15.0 Å². The minimum atomic E-state index is -0.528. The lowest BCUT2D eigenvalue weighted by Gasteiger charge is -2.31. The van der Waals surface area contributed by atoms with Gasteiger partial charge in [-0.1, -0.05) is 13.8 Å². The van der Waals surface area contributed by atoms with E-state index in [0.29, 0.717) is 0 Å². The molecule has 2 unspecified atom stereocenters. The van der Waals surface area contributed by atoms with Crippen molar-refractivity contribution >= 4 is 5.97 Å². The zero-order valence-electron chi connectivity index (χ0n) is 14.4. The molecular formula is C17H34N2O2. The number of methoxy groups -OCH3 is 1. The SMILES string of the molecule is CCCNC(C)(CCCCN1CCCC(C)C1)C(=O)OC. The summed E-state index contributed by atoms with van der Waals surface area (Å²) in [7, 11) is 1.48. The predicted octanol–water partition coefficient (Wildman–Crippen LogP) is 2.82. The molecule has 0 aromatic heterocycles. The second-order valence-electron chi connectivity index (χ2n) is 6.76. The van der Waals surface area contributed by atoms with E-state index in [1.54, 1.807) is 0 Å². The van der Waals surface area contributed by atoms with Crippen LogP contribution in [0.15, 0.2) is 0 Å². The highest BCUT2D eigenvalue weighted by Gasteiger charge is 2.32. The van der Waals surface area contributed by atoms with E-state index in [4.69, 9.17) is 4.74 Å². The van der Waals surface area contributed by atoms with Crippen LogP contribution in [-0.2, 0) is 9.53 Å². The molecule has 1 saturated heterocycles. The fraction of sp³-hybridized carbons (Fsp3) is 0.941. The zero-order chi connectivity index (χ0) is 15.7. The quantitative estimate of drug-likeness (QED) is 0.525. The average molecular weight is 298 g/mol. The first-order valence-electron chi connectivity index (χ1n) is 8.57. The first-order valence-corrected chi connectivity index (χ1v) is 8.57. The Morgan fingerprint density at radius 2 is 2.19 bits per heavy atom. The highest BCUT2D eigenvalue weighted by Crippen LogP contribution is 2.19. The van der Waals surface area contributed by atoms with Gasteiger partial charge in [-0.15, -0.1) is 0 Å². The molecule has 1 aliphatic rings. The molecule has 0 aromatic carbocycles. The number of nitrogens with one attached hydrogen (secondary N) is 1. The van der Waals surface area contributed by atoms with Crippen molar-refractivity contribution < 1.29 is 9.53 Å². The molecule has 124 valence electrons. The molecule has 1 rings (SSSR count). The van der Waals surface area contributed by atoms with Gasteiger partial charge in [0, 0.05) is 6.54 Å². The molecule has 1 aliphatic heterocycles. The molecular weight excluding hydrogens is 264 g/mol. The molecule has 1 fully saturated rings. The Morgan fingerprint density at radius 1 is 1.43 bits per heavy atom. The van der Waals surface area contributed by atoms with Crippen LogP contribution in [0.25, 0.3) is 0 Å². The van der Waals surface area contributed by atoms with Crippen LogP contribution in [0, 0.1) is 5.92 Å². The van der Waals surface area contributed by atoms with Gasteiger partial charge in [0.25, 0.3) is 0 Å². The fourth-order valence-corrected chi connectivity index (χ4v) is 3.19. The summed E-state index contributed by atoms with van der Waals surface area (Å²) in [5, 5.41) is 3.35. The van der Waals surface area contributed by atoms with E-state index in [9.17, 15) is 4.79 Å². The summed E-state index contributed by atoms with van der Waals surface area (Å²) in [6.07, 6.45) is 6.80. The van der Waals surface area contributed by atoms with Crippen molar-refractivity contribution in [3.63, 3.8) is 0 Å². The number of hydrogen-bond acceptors (Lipinski definition) is 4. The lowest BCUT2D eigenvalue weighted by atomic mass is 9.94. The predicted molar refractivity (Wildman–Crippen MR) is 87.4 cm³/mol. The van der Waals surface area contributed by atoms with E-state index in [0.717, 1.165) is 44.7 Å². The number of carbonyl (C=O) groups excluding carboxylic acids is 1. The first kappa shape index (κ1) is 18.4. The van der Waals surface area contributed by atoms with Gasteiger partial charge in [0.2, 0.25) is 0 Å². The number of hydrogen-bond donors (Lipinski definition) is 1. The maximum atomic E-state index is 12.0. The van der Waals surface area contributed by atoms with Gasteiger partial charge in [-0.25, -0.2) is 0 Å². The number of ether oxygens (including phenoxy) is 1. The molecule has 1 N–H and O–H groups in total. The van der Waals surface area contributed by atoms with E-state index in [2.05, 4.69) is 24.1 Å². The summed E-state index contributed by atoms with van der Waals surface area (Å²) in [6.45, 7) is 10.9. The minimum absolute atomic E-state index is 0.137. The van der Waals surface area contributed by atoms with Gasteiger partial charge in [-0.05, 0) is 71.0 Å². The van der Waals surface area contributed by atoms with Crippen molar-refractivity contribution in [3.8, 4) is 0 Å². The van der Waals surface area contributed by atoms with Crippen LogP contribution >= 0.6 is 0 Å². The maximum absolute atomic E-state index is 12.0. The molecule has 0 spiro atoms. The Kier molecular flexibility index (Phi) is 8.27. The van der Waals surface area contributed by atoms with Crippen molar-refractivity contribution in [1.82, 2.24) is 10.2 Å². The highest BCUT2D eigenvalue weighted by molar-refractivity contribution is 5.80. The summed E-state index contributed by atoms with van der Waals surface area (Å²) < 4.78 is 4.96. The van der Waals surface area contributed by atoms with Crippen LogP contribution in [0.5, 0.6) is 0 Å². The molecule has 2 atom stereocenters. The van der Waals surface area contributed by atoms with Crippen molar-refractivity contribution in [2.75, 3.05) is 33.3 Å². The van der Waals surface area contributed by atoms with Gasteiger partial charge in [0.15, 0.2) is 0 Å². The molecule has 21 heavy (non-hydrogen) atoms. The number of nitrogens with zero attached hydrogens (tertiary/aromatic N) is 1. The third kappa shape index (κ3) is 6.35. The monoisotopic (exact) mass is 298 g/mol. The van der Waals surface area contributed by atoms with Gasteiger partial charge in [0.05, 0.1) is 7.11 Å². The molecule has 4 heteroatoms. The lowest BCUT2D eigenvalue weighted by molar-refractivity contribution is -0.148. The van der Waals surface area contributed by atoms with Crippen LogP contribution in [0.3, 0.4) is 0 Å². The van der Waals surface area contributed by atoms with E-state index < -0.39 is 5.54 Å². The zero-order valence-corrected chi connectivity index (χ0v) is 14.4. The molecule has 0 saturated carbocycles. The Hall–Kier alpha value is -0.610. The number of piperidine rings is 1. The van der Waals surface area contributed by atoms with E-state index in [1.807, 2.05) is 6.92 Å². The van der Waals surface area contributed by atoms with E-state index in [1.165, 1.54) is 33.0 Å². The molecule has 0 aromatic rings. The second kappa shape index (κ2) is 9.42. The van der Waals surface area contributed by atoms with Gasteiger partial charge in [0.1, 0.15) is 5.54 Å². The van der Waals surface area contributed by atoms with Gasteiger partial charge >= 0.3 is 5.97 Å². The van der Waals surface area contributed by atoms with Crippen molar-refractivity contribution in [2.24, 2.45) is 5.92 Å². The van der Waals surface area contributed by atoms with Crippen LogP contribution in [0.1, 0.15) is 59.3 Å². The van der Waals surface area contributed by atoms with Gasteiger partial charge in [-0.3, -0.25) is 4.79 Å². The smallest absolute Gasteiger partial charge is 0.325 e. The topological polar surface area (TPSA) is 41.6 Å². The number of unbranched alkanes of at least 4 members (excludes halogenated alkanes) is 1. The molecule has 1 heterocycles. The number of carbonyl (C=O) groups is 1. The Balaban J connectivity index is 2.30. The summed E-state index contributed by atoms with van der Waals surface area (Å²) in [6, 6.07) is 0. The van der Waals surface area contributed by atoms with Crippen LogP contribution in [0.4, 0.5) is 0 Å². The lowest BCUT2D eigenvalue weighted by Crippen LogP contribution is -2.50. The molecule has 0 aliphatic carbocycles. The van der Waals surface area contributed by atoms with Crippen LogP contribution in [0.2, 0.25) is 0 Å². The largest absolute Gasteiger partial charge is 0.468 e. The number of likely N-dealkylation sites (tertiary alicyclic amines) is 1. The first-order chi connectivity index (χ1) is 10.0. The van der Waals surface area contributed by atoms with E-state index >= 15 is 0 Å². The summed E-state index contributed by atoms with van der Waals surface area (Å²) in [4.78, 5) is 14.6. The van der Waals surface area contributed by atoms with Crippen LogP contribution in [-0.4, -0.2) is 49.7 Å². The standard InChI is InChI=1S/C17H34N2O2/c1-5-11-18-17(3,16(20)21-4)10-6-7-12-19-13-8-9-15(2)14-19/h15,18H,5-14H2,1-4H3.